The summed E-state index contributed by atoms with van der Waals surface area (Å²) < 4.78 is 5.81. The average Bonchev–Trinajstić information content (AvgIpc) is 2.38. The van der Waals surface area contributed by atoms with E-state index >= 15 is 0 Å². The van der Waals surface area contributed by atoms with E-state index in [-0.39, 0.29) is 5.78 Å². The summed E-state index contributed by atoms with van der Waals surface area (Å²) in [6.07, 6.45) is 0. The van der Waals surface area contributed by atoms with Gasteiger partial charge in [0.1, 0.15) is 5.75 Å². The summed E-state index contributed by atoms with van der Waals surface area (Å²) in [5.41, 5.74) is 1.05. The molecule has 0 amide bonds. The second-order valence-corrected chi connectivity index (χ2v) is 4.92. The maximum atomic E-state index is 12.3. The summed E-state index contributed by atoms with van der Waals surface area (Å²) in [5, 5.41) is 0.384. The van der Waals surface area contributed by atoms with Crippen molar-refractivity contribution in [3.8, 4) is 5.75 Å². The summed E-state index contributed by atoms with van der Waals surface area (Å²) >= 11 is 9.45. The van der Waals surface area contributed by atoms with Crippen LogP contribution in [0.3, 0.4) is 0 Å². The van der Waals surface area contributed by atoms with Gasteiger partial charge in [0, 0.05) is 15.6 Å². The smallest absolute Gasteiger partial charge is 0.195 e. The van der Waals surface area contributed by atoms with E-state index in [1.165, 1.54) is 0 Å². The van der Waals surface area contributed by atoms with Crippen LogP contribution in [0.2, 0.25) is 5.02 Å². The first kappa shape index (κ1) is 13.1. The van der Waals surface area contributed by atoms with Crippen molar-refractivity contribution in [1.82, 2.24) is 0 Å². The fourth-order valence-electron chi connectivity index (χ4n) is 1.60. The monoisotopic (exact) mass is 324 g/mol. The molecule has 2 aromatic rings. The van der Waals surface area contributed by atoms with Gasteiger partial charge in [-0.3, -0.25) is 4.79 Å². The highest BCUT2D eigenvalue weighted by molar-refractivity contribution is 9.10. The Bertz CT molecular complexity index is 596. The van der Waals surface area contributed by atoms with Crippen LogP contribution in [0.5, 0.6) is 5.75 Å². The van der Waals surface area contributed by atoms with Gasteiger partial charge >= 0.3 is 0 Å². The lowest BCUT2D eigenvalue weighted by molar-refractivity contribution is 0.103. The van der Waals surface area contributed by atoms with E-state index in [0.717, 1.165) is 4.47 Å². The number of ketones is 1. The second-order valence-electron chi connectivity index (χ2n) is 3.65. The molecule has 0 aromatic heterocycles. The Labute approximate surface area is 119 Å². The van der Waals surface area contributed by atoms with E-state index in [2.05, 4.69) is 15.9 Å². The number of carbonyl (C=O) groups is 1. The van der Waals surface area contributed by atoms with E-state index in [1.807, 2.05) is 18.2 Å². The summed E-state index contributed by atoms with van der Waals surface area (Å²) in [7, 11) is 1.56. The number of rotatable bonds is 3. The molecule has 0 N–H and O–H groups in total. The van der Waals surface area contributed by atoms with Crippen LogP contribution in [-0.2, 0) is 0 Å². The first-order valence-electron chi connectivity index (χ1n) is 5.26. The number of halogens is 2. The predicted molar refractivity (Wildman–Crippen MR) is 75.6 cm³/mol. The van der Waals surface area contributed by atoms with E-state index < -0.39 is 0 Å². The molecule has 0 spiro atoms. The Morgan fingerprint density at radius 3 is 2.50 bits per heavy atom. The first-order valence-corrected chi connectivity index (χ1v) is 6.43. The number of benzene rings is 2. The van der Waals surface area contributed by atoms with Crippen molar-refractivity contribution in [1.29, 1.82) is 0 Å². The Morgan fingerprint density at radius 2 is 1.89 bits per heavy atom. The molecule has 0 atom stereocenters. The van der Waals surface area contributed by atoms with Gasteiger partial charge in [-0.15, -0.1) is 0 Å². The number of hydrogen-bond donors (Lipinski definition) is 0. The molecule has 2 nitrogen and oxygen atoms in total. The number of methoxy groups -OCH3 is 1. The third-order valence-electron chi connectivity index (χ3n) is 2.54. The molecule has 0 aliphatic heterocycles. The Morgan fingerprint density at radius 1 is 1.17 bits per heavy atom. The zero-order valence-corrected chi connectivity index (χ0v) is 12.0. The summed E-state index contributed by atoms with van der Waals surface area (Å²) in [5.74, 6) is 0.513. The zero-order valence-electron chi connectivity index (χ0n) is 9.61. The van der Waals surface area contributed by atoms with Gasteiger partial charge in [0.2, 0.25) is 0 Å². The molecule has 2 rings (SSSR count). The molecule has 0 unspecified atom stereocenters. The molecular weight excluding hydrogens is 316 g/mol. The largest absolute Gasteiger partial charge is 0.497 e. The van der Waals surface area contributed by atoms with Crippen molar-refractivity contribution < 1.29 is 9.53 Å². The lowest BCUT2D eigenvalue weighted by Crippen LogP contribution is -2.03. The molecule has 0 aliphatic rings. The minimum absolute atomic E-state index is 0.116. The summed E-state index contributed by atoms with van der Waals surface area (Å²) in [6.45, 7) is 0. The van der Waals surface area contributed by atoms with Gasteiger partial charge in [0.05, 0.1) is 12.1 Å². The molecule has 0 fully saturated rings. The van der Waals surface area contributed by atoms with Crippen LogP contribution in [-0.4, -0.2) is 12.9 Å². The van der Waals surface area contributed by atoms with E-state index in [1.54, 1.807) is 31.4 Å². The molecule has 18 heavy (non-hydrogen) atoms. The van der Waals surface area contributed by atoms with Crippen LogP contribution in [0.4, 0.5) is 0 Å². The third kappa shape index (κ3) is 2.57. The Balaban J connectivity index is 2.44. The molecular formula is C14H10BrClO2. The molecule has 0 saturated carbocycles. The third-order valence-corrected chi connectivity index (χ3v) is 3.54. The van der Waals surface area contributed by atoms with Crippen LogP contribution < -0.4 is 4.74 Å². The maximum absolute atomic E-state index is 12.3. The molecule has 0 heterocycles. The molecule has 0 saturated heterocycles. The lowest BCUT2D eigenvalue weighted by atomic mass is 10.0. The van der Waals surface area contributed by atoms with Gasteiger partial charge in [-0.05, 0) is 30.3 Å². The highest BCUT2D eigenvalue weighted by atomic mass is 79.9. The van der Waals surface area contributed by atoms with E-state index in [4.69, 9.17) is 16.3 Å². The molecule has 4 heteroatoms. The Kier molecular flexibility index (Phi) is 4.04. The van der Waals surface area contributed by atoms with Crippen molar-refractivity contribution in [2.75, 3.05) is 7.11 Å². The van der Waals surface area contributed by atoms with Crippen LogP contribution in [0.15, 0.2) is 46.9 Å². The van der Waals surface area contributed by atoms with Crippen LogP contribution >= 0.6 is 27.5 Å². The Hall–Kier alpha value is -1.32. The topological polar surface area (TPSA) is 26.3 Å². The van der Waals surface area contributed by atoms with Crippen molar-refractivity contribution in [3.05, 3.63) is 63.1 Å². The van der Waals surface area contributed by atoms with Crippen molar-refractivity contribution in [2.45, 2.75) is 0 Å². The van der Waals surface area contributed by atoms with Gasteiger partial charge in [-0.25, -0.2) is 0 Å². The maximum Gasteiger partial charge on any atom is 0.195 e. The quantitative estimate of drug-likeness (QED) is 0.785. The lowest BCUT2D eigenvalue weighted by Gasteiger charge is -2.07. The average molecular weight is 326 g/mol. The van der Waals surface area contributed by atoms with Gasteiger partial charge in [-0.2, -0.15) is 0 Å². The number of ether oxygens (including phenoxy) is 1. The van der Waals surface area contributed by atoms with Crippen molar-refractivity contribution in [3.63, 3.8) is 0 Å². The second kappa shape index (κ2) is 5.55. The van der Waals surface area contributed by atoms with E-state index in [0.29, 0.717) is 21.9 Å². The first-order chi connectivity index (χ1) is 8.63. The molecule has 0 bridgehead atoms. The SMILES string of the molecule is COc1ccc(C(=O)c2ccccc2Br)c(Cl)c1. The van der Waals surface area contributed by atoms with Crippen LogP contribution in [0.1, 0.15) is 15.9 Å². The van der Waals surface area contributed by atoms with Crippen molar-refractivity contribution in [2.24, 2.45) is 0 Å². The summed E-state index contributed by atoms with van der Waals surface area (Å²) in [6, 6.07) is 12.3. The molecule has 0 radical (unpaired) electrons. The van der Waals surface area contributed by atoms with Crippen molar-refractivity contribution >= 4 is 33.3 Å². The van der Waals surface area contributed by atoms with Gasteiger partial charge < -0.3 is 4.74 Å². The van der Waals surface area contributed by atoms with Gasteiger partial charge in [0.15, 0.2) is 5.78 Å². The van der Waals surface area contributed by atoms with Gasteiger partial charge in [0.25, 0.3) is 0 Å². The number of hydrogen-bond acceptors (Lipinski definition) is 2. The fraction of sp³-hybridized carbons (Fsp3) is 0.0714. The molecule has 92 valence electrons. The van der Waals surface area contributed by atoms with Crippen LogP contribution in [0.25, 0.3) is 0 Å². The predicted octanol–water partition coefficient (Wildman–Crippen LogP) is 4.34. The summed E-state index contributed by atoms with van der Waals surface area (Å²) in [4.78, 5) is 12.3. The minimum Gasteiger partial charge on any atom is -0.497 e. The standard InChI is InChI=1S/C14H10BrClO2/c1-18-9-6-7-11(13(16)8-9)14(17)10-4-2-3-5-12(10)15/h2-8H,1H3. The highest BCUT2D eigenvalue weighted by Crippen LogP contribution is 2.27. The molecule has 0 aliphatic carbocycles. The normalized spacial score (nSPS) is 10.2. The van der Waals surface area contributed by atoms with E-state index in [9.17, 15) is 4.79 Å². The van der Waals surface area contributed by atoms with Gasteiger partial charge in [-0.1, -0.05) is 39.7 Å². The minimum atomic E-state index is -0.116. The highest BCUT2D eigenvalue weighted by Gasteiger charge is 2.15. The fourth-order valence-corrected chi connectivity index (χ4v) is 2.32. The van der Waals surface area contributed by atoms with Crippen LogP contribution in [0, 0.1) is 0 Å². The molecule has 2 aromatic carbocycles. The zero-order chi connectivity index (χ0) is 13.1. The number of carbonyl (C=O) groups excluding carboxylic acids is 1.